The van der Waals surface area contributed by atoms with E-state index in [4.69, 9.17) is 9.84 Å². The lowest BCUT2D eigenvalue weighted by Gasteiger charge is -2.31. The molecule has 1 aliphatic heterocycles. The van der Waals surface area contributed by atoms with Gasteiger partial charge in [-0.05, 0) is 13.0 Å². The second-order valence-electron chi connectivity index (χ2n) is 3.77. The predicted molar refractivity (Wildman–Crippen MR) is 57.1 cm³/mol. The molecule has 0 unspecified atom stereocenters. The van der Waals surface area contributed by atoms with Crippen LogP contribution in [0.25, 0.3) is 0 Å². The van der Waals surface area contributed by atoms with E-state index in [9.17, 15) is 9.59 Å². The number of amides is 1. The number of hydrogen-bond donors (Lipinski definition) is 2. The van der Waals surface area contributed by atoms with Crippen molar-refractivity contribution in [2.75, 3.05) is 32.8 Å². The van der Waals surface area contributed by atoms with Gasteiger partial charge in [0, 0.05) is 13.1 Å². The summed E-state index contributed by atoms with van der Waals surface area (Å²) in [5.74, 6) is -1.39. The Bertz CT molecular complexity index is 255. The van der Waals surface area contributed by atoms with Gasteiger partial charge in [0.05, 0.1) is 6.61 Å². The first-order chi connectivity index (χ1) is 7.63. The molecular formula is C10H18N2O4. The van der Waals surface area contributed by atoms with Crippen LogP contribution in [0.5, 0.6) is 0 Å². The molecule has 16 heavy (non-hydrogen) atoms. The van der Waals surface area contributed by atoms with Crippen molar-refractivity contribution in [3.63, 3.8) is 0 Å². The van der Waals surface area contributed by atoms with Crippen LogP contribution in [-0.2, 0) is 14.3 Å². The summed E-state index contributed by atoms with van der Waals surface area (Å²) in [6, 6.07) is 0. The molecule has 0 aromatic heterocycles. The minimum Gasteiger partial charge on any atom is -0.480 e. The molecule has 1 rings (SSSR count). The fourth-order valence-electron chi connectivity index (χ4n) is 1.66. The first-order valence-corrected chi connectivity index (χ1v) is 5.47. The summed E-state index contributed by atoms with van der Waals surface area (Å²) >= 11 is 0. The lowest BCUT2D eigenvalue weighted by atomic mass is 10.2. The molecule has 0 aliphatic carbocycles. The van der Waals surface area contributed by atoms with Crippen molar-refractivity contribution in [2.45, 2.75) is 19.4 Å². The van der Waals surface area contributed by atoms with E-state index in [0.29, 0.717) is 13.2 Å². The molecule has 2 N–H and O–H groups in total. The van der Waals surface area contributed by atoms with Crippen LogP contribution >= 0.6 is 0 Å². The summed E-state index contributed by atoms with van der Waals surface area (Å²) in [7, 11) is 0. The van der Waals surface area contributed by atoms with Crippen molar-refractivity contribution in [3.05, 3.63) is 0 Å². The Balaban J connectivity index is 2.34. The normalized spacial score (nSPS) is 21.7. The van der Waals surface area contributed by atoms with Gasteiger partial charge in [0.25, 0.3) is 5.91 Å². The summed E-state index contributed by atoms with van der Waals surface area (Å²) < 4.78 is 5.30. The van der Waals surface area contributed by atoms with Crippen LogP contribution in [0.2, 0.25) is 0 Å². The summed E-state index contributed by atoms with van der Waals surface area (Å²) in [5.41, 5.74) is 0. The number of rotatable bonds is 5. The van der Waals surface area contributed by atoms with E-state index in [1.807, 2.05) is 0 Å². The van der Waals surface area contributed by atoms with Crippen LogP contribution in [0.4, 0.5) is 0 Å². The lowest BCUT2D eigenvalue weighted by molar-refractivity contribution is -0.143. The highest BCUT2D eigenvalue weighted by molar-refractivity contribution is 5.84. The van der Waals surface area contributed by atoms with Crippen molar-refractivity contribution in [2.24, 2.45) is 0 Å². The highest BCUT2D eigenvalue weighted by Crippen LogP contribution is 2.05. The molecule has 0 spiro atoms. The number of nitrogens with zero attached hydrogens (tertiary/aromatic N) is 1. The Kier molecular flexibility index (Phi) is 5.21. The van der Waals surface area contributed by atoms with Gasteiger partial charge in [-0.3, -0.25) is 14.5 Å². The molecule has 1 heterocycles. The number of carboxylic acid groups (broad SMARTS) is 1. The smallest absolute Gasteiger partial charge is 0.322 e. The number of carboxylic acids is 1. The van der Waals surface area contributed by atoms with Crippen LogP contribution < -0.4 is 5.32 Å². The van der Waals surface area contributed by atoms with Gasteiger partial charge < -0.3 is 15.2 Å². The number of nitrogens with one attached hydrogen (secondary N) is 1. The van der Waals surface area contributed by atoms with Crippen molar-refractivity contribution >= 4 is 11.9 Å². The van der Waals surface area contributed by atoms with E-state index in [-0.39, 0.29) is 12.5 Å². The quantitative estimate of drug-likeness (QED) is 0.653. The van der Waals surface area contributed by atoms with Gasteiger partial charge in [0.15, 0.2) is 0 Å². The second-order valence-corrected chi connectivity index (χ2v) is 3.77. The third-order valence-corrected chi connectivity index (χ3v) is 2.40. The number of hydrogen-bond acceptors (Lipinski definition) is 4. The molecule has 0 aromatic rings. The third-order valence-electron chi connectivity index (χ3n) is 2.40. The summed E-state index contributed by atoms with van der Waals surface area (Å²) in [6.07, 6.45) is 0.489. The fraction of sp³-hybridized carbons (Fsp3) is 0.800. The molecule has 1 atom stereocenters. The number of morpholine rings is 1. The van der Waals surface area contributed by atoms with E-state index in [0.717, 1.165) is 19.5 Å². The van der Waals surface area contributed by atoms with Gasteiger partial charge in [0.1, 0.15) is 12.6 Å². The van der Waals surface area contributed by atoms with Crippen LogP contribution in [0.3, 0.4) is 0 Å². The van der Waals surface area contributed by atoms with Crippen LogP contribution in [0.1, 0.15) is 13.3 Å². The topological polar surface area (TPSA) is 78.9 Å². The zero-order valence-corrected chi connectivity index (χ0v) is 9.44. The number of carbonyl (C=O) groups excluding carboxylic acids is 1. The second kappa shape index (κ2) is 6.44. The maximum Gasteiger partial charge on any atom is 0.322 e. The summed E-state index contributed by atoms with van der Waals surface area (Å²) in [6.45, 7) is 4.55. The van der Waals surface area contributed by atoms with Crippen molar-refractivity contribution in [3.8, 4) is 0 Å². The van der Waals surface area contributed by atoms with Crippen molar-refractivity contribution in [1.82, 2.24) is 10.2 Å². The van der Waals surface area contributed by atoms with Gasteiger partial charge in [0.2, 0.25) is 0 Å². The zero-order valence-electron chi connectivity index (χ0n) is 9.44. The molecule has 92 valence electrons. The Morgan fingerprint density at radius 3 is 2.94 bits per heavy atom. The molecule has 1 saturated heterocycles. The third kappa shape index (κ3) is 4.16. The SMILES string of the molecule is CCCN1CCO[C@H](C(=O)NCC(=O)O)C1. The monoisotopic (exact) mass is 230 g/mol. The first-order valence-electron chi connectivity index (χ1n) is 5.47. The lowest BCUT2D eigenvalue weighted by Crippen LogP contribution is -2.50. The van der Waals surface area contributed by atoms with Gasteiger partial charge >= 0.3 is 5.97 Å². The minimum atomic E-state index is -1.05. The van der Waals surface area contributed by atoms with E-state index in [2.05, 4.69) is 17.1 Å². The maximum atomic E-state index is 11.5. The van der Waals surface area contributed by atoms with E-state index < -0.39 is 12.1 Å². The Labute approximate surface area is 94.6 Å². The largest absolute Gasteiger partial charge is 0.480 e. The average Bonchev–Trinajstić information content (AvgIpc) is 2.26. The highest BCUT2D eigenvalue weighted by Gasteiger charge is 2.26. The van der Waals surface area contributed by atoms with Crippen LogP contribution in [0.15, 0.2) is 0 Å². The highest BCUT2D eigenvalue weighted by atomic mass is 16.5. The number of aliphatic carboxylic acids is 1. The van der Waals surface area contributed by atoms with Crippen LogP contribution in [-0.4, -0.2) is 60.8 Å². The molecule has 1 fully saturated rings. The van der Waals surface area contributed by atoms with E-state index in [1.165, 1.54) is 0 Å². The molecule has 0 saturated carbocycles. The Morgan fingerprint density at radius 2 is 2.31 bits per heavy atom. The van der Waals surface area contributed by atoms with Crippen molar-refractivity contribution < 1.29 is 19.4 Å². The van der Waals surface area contributed by atoms with Gasteiger partial charge in [-0.2, -0.15) is 0 Å². The number of ether oxygens (including phenoxy) is 1. The van der Waals surface area contributed by atoms with Crippen molar-refractivity contribution in [1.29, 1.82) is 0 Å². The first kappa shape index (κ1) is 12.9. The molecular weight excluding hydrogens is 212 g/mol. The van der Waals surface area contributed by atoms with Gasteiger partial charge in [-0.25, -0.2) is 0 Å². The minimum absolute atomic E-state index is 0.344. The Morgan fingerprint density at radius 1 is 1.56 bits per heavy atom. The fourth-order valence-corrected chi connectivity index (χ4v) is 1.66. The maximum absolute atomic E-state index is 11.5. The summed E-state index contributed by atoms with van der Waals surface area (Å²) in [5, 5.41) is 10.8. The van der Waals surface area contributed by atoms with Gasteiger partial charge in [-0.1, -0.05) is 6.92 Å². The summed E-state index contributed by atoms with van der Waals surface area (Å²) in [4.78, 5) is 24.0. The van der Waals surface area contributed by atoms with Gasteiger partial charge in [-0.15, -0.1) is 0 Å². The molecule has 1 aliphatic rings. The molecule has 1 amide bonds. The van der Waals surface area contributed by atoms with E-state index >= 15 is 0 Å². The average molecular weight is 230 g/mol. The Hall–Kier alpha value is -1.14. The van der Waals surface area contributed by atoms with E-state index in [1.54, 1.807) is 0 Å². The molecule has 0 radical (unpaired) electrons. The molecule has 6 nitrogen and oxygen atoms in total. The molecule has 0 aromatic carbocycles. The number of carbonyl (C=O) groups is 2. The molecule has 0 bridgehead atoms. The molecule has 6 heteroatoms. The van der Waals surface area contributed by atoms with Crippen LogP contribution in [0, 0.1) is 0 Å². The predicted octanol–water partition coefficient (Wildman–Crippen LogP) is -0.702. The standard InChI is InChI=1S/C10H18N2O4/c1-2-3-12-4-5-16-8(7-12)10(15)11-6-9(13)14/h8H,2-7H2,1H3,(H,11,15)(H,13,14)/t8-/m0/s1. The zero-order chi connectivity index (χ0) is 12.0.